The average Bonchev–Trinajstić information content (AvgIpc) is 2.17. The van der Waals surface area contributed by atoms with Gasteiger partial charge in [-0.3, -0.25) is 4.79 Å². The molecule has 4 nitrogen and oxygen atoms in total. The van der Waals surface area contributed by atoms with Gasteiger partial charge in [0.1, 0.15) is 0 Å². The predicted molar refractivity (Wildman–Crippen MR) is 65.0 cm³/mol. The van der Waals surface area contributed by atoms with Crippen LogP contribution in [0.4, 0.5) is 5.69 Å². The van der Waals surface area contributed by atoms with Gasteiger partial charge in [0.05, 0.1) is 9.89 Å². The van der Waals surface area contributed by atoms with Crippen LogP contribution in [0.1, 0.15) is 24.2 Å². The van der Waals surface area contributed by atoms with E-state index in [4.69, 9.17) is 5.11 Å². The molecule has 0 saturated carbocycles. The fourth-order valence-corrected chi connectivity index (χ4v) is 1.07. The molecule has 2 N–H and O–H groups in total. The van der Waals surface area contributed by atoms with Crippen LogP contribution in [-0.2, 0) is 4.79 Å². The van der Waals surface area contributed by atoms with Crippen LogP contribution in [0.3, 0.4) is 0 Å². The fourth-order valence-electron chi connectivity index (χ4n) is 0.976. The summed E-state index contributed by atoms with van der Waals surface area (Å²) >= 11 is 3.23. The van der Waals surface area contributed by atoms with Gasteiger partial charge in [0.2, 0.25) is 5.91 Å². The smallest absolute Gasteiger partial charge is 0.335 e. The Kier molecular flexibility index (Phi) is 3.70. The van der Waals surface area contributed by atoms with Crippen molar-refractivity contribution >= 4 is 33.5 Å². The molecule has 0 aliphatic heterocycles. The molecule has 5 heteroatoms. The SMILES string of the molecule is CC(C)(Br)C(=O)Nc1ccc(C(=O)O)cc1. The van der Waals surface area contributed by atoms with Gasteiger partial charge >= 0.3 is 5.97 Å². The Morgan fingerprint density at radius 2 is 1.75 bits per heavy atom. The molecular weight excluding hydrogens is 274 g/mol. The van der Waals surface area contributed by atoms with Gasteiger partial charge in [-0.1, -0.05) is 15.9 Å². The second-order valence-electron chi connectivity index (χ2n) is 3.81. The van der Waals surface area contributed by atoms with Crippen molar-refractivity contribution in [1.29, 1.82) is 0 Å². The number of alkyl halides is 1. The third kappa shape index (κ3) is 3.34. The zero-order valence-corrected chi connectivity index (χ0v) is 10.5. The standard InChI is InChI=1S/C11H12BrNO3/c1-11(2,12)10(16)13-8-5-3-7(4-6-8)9(14)15/h3-6H,1-2H3,(H,13,16)(H,14,15). The number of hydrogen-bond donors (Lipinski definition) is 2. The van der Waals surface area contributed by atoms with Gasteiger partial charge in [0.25, 0.3) is 0 Å². The first-order valence-corrected chi connectivity index (χ1v) is 5.44. The van der Waals surface area contributed by atoms with E-state index in [1.807, 2.05) is 0 Å². The minimum atomic E-state index is -0.987. The molecule has 1 rings (SSSR count). The number of carboxylic acids is 1. The highest BCUT2D eigenvalue weighted by Crippen LogP contribution is 2.19. The summed E-state index contributed by atoms with van der Waals surface area (Å²) in [6.07, 6.45) is 0. The topological polar surface area (TPSA) is 66.4 Å². The van der Waals surface area contributed by atoms with E-state index < -0.39 is 10.3 Å². The van der Waals surface area contributed by atoms with Gasteiger partial charge < -0.3 is 10.4 Å². The van der Waals surface area contributed by atoms with Crippen molar-refractivity contribution < 1.29 is 14.7 Å². The van der Waals surface area contributed by atoms with Crippen molar-refractivity contribution in [3.63, 3.8) is 0 Å². The molecule has 0 aliphatic rings. The maximum absolute atomic E-state index is 11.6. The average molecular weight is 286 g/mol. The van der Waals surface area contributed by atoms with Gasteiger partial charge in [-0.15, -0.1) is 0 Å². The first-order chi connectivity index (χ1) is 7.30. The minimum absolute atomic E-state index is 0.185. The molecule has 0 bridgehead atoms. The molecule has 16 heavy (non-hydrogen) atoms. The number of anilines is 1. The summed E-state index contributed by atoms with van der Waals surface area (Å²) in [7, 11) is 0. The van der Waals surface area contributed by atoms with Crippen LogP contribution in [0, 0.1) is 0 Å². The first-order valence-electron chi connectivity index (χ1n) is 4.64. The van der Waals surface area contributed by atoms with Gasteiger partial charge in [-0.25, -0.2) is 4.79 Å². The molecule has 0 fully saturated rings. The lowest BCUT2D eigenvalue weighted by atomic mass is 10.1. The van der Waals surface area contributed by atoms with E-state index in [1.165, 1.54) is 12.1 Å². The number of carbonyl (C=O) groups is 2. The molecule has 1 aromatic rings. The lowest BCUT2D eigenvalue weighted by Gasteiger charge is -2.15. The largest absolute Gasteiger partial charge is 0.478 e. The molecule has 0 aliphatic carbocycles. The second-order valence-corrected chi connectivity index (χ2v) is 5.79. The molecular formula is C11H12BrNO3. The number of halogens is 1. The molecule has 0 unspecified atom stereocenters. The van der Waals surface area contributed by atoms with Gasteiger partial charge in [0, 0.05) is 5.69 Å². The van der Waals surface area contributed by atoms with Crippen LogP contribution >= 0.6 is 15.9 Å². The molecule has 0 atom stereocenters. The number of hydrogen-bond acceptors (Lipinski definition) is 2. The number of amides is 1. The minimum Gasteiger partial charge on any atom is -0.478 e. The zero-order valence-electron chi connectivity index (χ0n) is 8.95. The summed E-state index contributed by atoms with van der Waals surface area (Å²) in [6.45, 7) is 3.46. The third-order valence-corrected chi connectivity index (χ3v) is 2.29. The second kappa shape index (κ2) is 4.65. The third-order valence-electron chi connectivity index (χ3n) is 1.93. The summed E-state index contributed by atoms with van der Waals surface area (Å²) < 4.78 is -0.654. The monoisotopic (exact) mass is 285 g/mol. The summed E-state index contributed by atoms with van der Waals surface area (Å²) in [5, 5.41) is 11.4. The van der Waals surface area contributed by atoms with Crippen LogP contribution in [0.25, 0.3) is 0 Å². The highest BCUT2D eigenvalue weighted by Gasteiger charge is 2.23. The van der Waals surface area contributed by atoms with Gasteiger partial charge in [-0.2, -0.15) is 0 Å². The highest BCUT2D eigenvalue weighted by atomic mass is 79.9. The quantitative estimate of drug-likeness (QED) is 0.839. The predicted octanol–water partition coefficient (Wildman–Crippen LogP) is 2.50. The molecule has 86 valence electrons. The number of nitrogens with one attached hydrogen (secondary N) is 1. The van der Waals surface area contributed by atoms with E-state index in [2.05, 4.69) is 21.2 Å². The van der Waals surface area contributed by atoms with E-state index in [9.17, 15) is 9.59 Å². The number of rotatable bonds is 3. The first kappa shape index (κ1) is 12.7. The Balaban J connectivity index is 2.77. The van der Waals surface area contributed by atoms with Crippen molar-refractivity contribution in [3.8, 4) is 0 Å². The lowest BCUT2D eigenvalue weighted by Crippen LogP contribution is -2.30. The summed E-state index contributed by atoms with van der Waals surface area (Å²) in [6, 6.07) is 6.00. The van der Waals surface area contributed by atoms with Crippen LogP contribution < -0.4 is 5.32 Å². The van der Waals surface area contributed by atoms with E-state index in [0.717, 1.165) is 0 Å². The summed E-state index contributed by atoms with van der Waals surface area (Å²) in [5.41, 5.74) is 0.763. The van der Waals surface area contributed by atoms with E-state index >= 15 is 0 Å². The normalized spacial score (nSPS) is 10.9. The van der Waals surface area contributed by atoms with Crippen LogP contribution in [0.15, 0.2) is 24.3 Å². The van der Waals surface area contributed by atoms with E-state index in [0.29, 0.717) is 5.69 Å². The Labute approximate surface area is 102 Å². The molecule has 0 saturated heterocycles. The number of benzene rings is 1. The van der Waals surface area contributed by atoms with Crippen molar-refractivity contribution in [1.82, 2.24) is 0 Å². The molecule has 0 radical (unpaired) electrons. The number of carboxylic acid groups (broad SMARTS) is 1. The molecule has 0 spiro atoms. The van der Waals surface area contributed by atoms with Crippen molar-refractivity contribution in [2.24, 2.45) is 0 Å². The zero-order chi connectivity index (χ0) is 12.3. The fraction of sp³-hybridized carbons (Fsp3) is 0.273. The summed E-state index contributed by atoms with van der Waals surface area (Å²) in [5.74, 6) is -1.17. The molecule has 1 aromatic carbocycles. The molecule has 0 heterocycles. The number of carbonyl (C=O) groups excluding carboxylic acids is 1. The van der Waals surface area contributed by atoms with E-state index in [-0.39, 0.29) is 11.5 Å². The Morgan fingerprint density at radius 1 is 1.25 bits per heavy atom. The Morgan fingerprint density at radius 3 is 2.12 bits per heavy atom. The maximum Gasteiger partial charge on any atom is 0.335 e. The molecule has 1 amide bonds. The van der Waals surface area contributed by atoms with Gasteiger partial charge in [0.15, 0.2) is 0 Å². The van der Waals surface area contributed by atoms with Crippen LogP contribution in [0.2, 0.25) is 0 Å². The van der Waals surface area contributed by atoms with E-state index in [1.54, 1.807) is 26.0 Å². The van der Waals surface area contributed by atoms with Crippen LogP contribution in [0.5, 0.6) is 0 Å². The maximum atomic E-state index is 11.6. The lowest BCUT2D eigenvalue weighted by molar-refractivity contribution is -0.117. The highest BCUT2D eigenvalue weighted by molar-refractivity contribution is 9.10. The number of aromatic carboxylic acids is 1. The Hall–Kier alpha value is -1.36. The Bertz CT molecular complexity index is 406. The van der Waals surface area contributed by atoms with Crippen LogP contribution in [-0.4, -0.2) is 21.3 Å². The van der Waals surface area contributed by atoms with Crippen molar-refractivity contribution in [2.45, 2.75) is 18.2 Å². The van der Waals surface area contributed by atoms with Gasteiger partial charge in [-0.05, 0) is 38.1 Å². The molecule has 0 aromatic heterocycles. The van der Waals surface area contributed by atoms with Crippen molar-refractivity contribution in [2.75, 3.05) is 5.32 Å². The van der Waals surface area contributed by atoms with Crippen molar-refractivity contribution in [3.05, 3.63) is 29.8 Å². The summed E-state index contributed by atoms with van der Waals surface area (Å²) in [4.78, 5) is 22.2.